The third-order valence-corrected chi connectivity index (χ3v) is 18.3. The zero-order valence-electron chi connectivity index (χ0n) is 69.4. The molecule has 0 aliphatic rings. The summed E-state index contributed by atoms with van der Waals surface area (Å²) in [6, 6.07) is 138. The molecule has 12 aromatic carbocycles. The van der Waals surface area contributed by atoms with Gasteiger partial charge in [-0.05, 0) is 149 Å². The SMILES string of the molecule is Cc1cc(C)n(-c2[c-]cc(-c3ccccc3)cc2)n1.Cc1cc(C)n(-c2[c-]cc(-c3ccccc3)cc2)n1.Cc1cc(C)n(-c2[c-]cccc2)n1.Cc1cc(C)n(-c2[c-]cccc2)n1.[Ir].[Ir].[Ir].[Ir].[c-]1cc(-c2ccccc2)ccc1-n1cccn1.[c-]1cc(-c2ccccc2)ccc1-n1cccn1.[c-]1ccccc1-n1cccn1.[c-]1ccccc1-n1cccn1. The van der Waals surface area contributed by atoms with Crippen LogP contribution in [0.1, 0.15) is 45.6 Å². The molecule has 0 aliphatic carbocycles. The molecule has 20 rings (SSSR count). The Kier molecular flexibility index (Phi) is 37.5. The molecule has 628 valence electrons. The predicted molar refractivity (Wildman–Crippen MR) is 479 cm³/mol. The van der Waals surface area contributed by atoms with Crippen molar-refractivity contribution in [1.29, 1.82) is 0 Å². The topological polar surface area (TPSA) is 143 Å². The summed E-state index contributed by atoms with van der Waals surface area (Å²) < 4.78 is 14.8. The average Bonchev–Trinajstić information content (AvgIpc) is 1.61. The monoisotopic (exact) mass is 2330 g/mol. The summed E-state index contributed by atoms with van der Waals surface area (Å²) in [4.78, 5) is 0. The van der Waals surface area contributed by atoms with Crippen LogP contribution >= 0.6 is 0 Å². The molecule has 0 N–H and O–H groups in total. The normalized spacial score (nSPS) is 10.0. The van der Waals surface area contributed by atoms with Gasteiger partial charge in [-0.2, -0.15) is 211 Å². The minimum atomic E-state index is 0. The zero-order valence-corrected chi connectivity index (χ0v) is 79.0. The second kappa shape index (κ2) is 49.1. The third kappa shape index (κ3) is 27.5. The van der Waals surface area contributed by atoms with E-state index < -0.39 is 0 Å². The van der Waals surface area contributed by atoms with Gasteiger partial charge in [-0.3, -0.25) is 37.5 Å². The summed E-state index contributed by atoms with van der Waals surface area (Å²) in [5, 5.41) is 34.2. The molecule has 0 fully saturated rings. The Labute approximate surface area is 780 Å². The van der Waals surface area contributed by atoms with E-state index in [1.807, 2.05) is 316 Å². The van der Waals surface area contributed by atoms with Crippen LogP contribution in [0.3, 0.4) is 0 Å². The fourth-order valence-electron chi connectivity index (χ4n) is 12.7. The predicted octanol–water partition coefficient (Wildman–Crippen LogP) is 22.5. The smallest absolute Gasteiger partial charge is 0.0600 e. The number of hydrogen-bond donors (Lipinski definition) is 0. The third-order valence-electron chi connectivity index (χ3n) is 18.3. The van der Waals surface area contributed by atoms with Gasteiger partial charge >= 0.3 is 0 Å². The Morgan fingerprint density at radius 3 is 0.573 bits per heavy atom. The van der Waals surface area contributed by atoms with Gasteiger partial charge in [0.2, 0.25) is 0 Å². The van der Waals surface area contributed by atoms with Crippen molar-refractivity contribution in [3.63, 3.8) is 0 Å². The molecule has 0 amide bonds. The Morgan fingerprint density at radius 2 is 0.395 bits per heavy atom. The van der Waals surface area contributed by atoms with E-state index >= 15 is 0 Å². The summed E-state index contributed by atoms with van der Waals surface area (Å²) in [6.07, 6.45) is 14.6. The summed E-state index contributed by atoms with van der Waals surface area (Å²) >= 11 is 0. The van der Waals surface area contributed by atoms with E-state index in [1.54, 1.807) is 43.5 Å². The van der Waals surface area contributed by atoms with Gasteiger partial charge in [0.1, 0.15) is 0 Å². The van der Waals surface area contributed by atoms with Crippen LogP contribution in [-0.4, -0.2) is 78.2 Å². The van der Waals surface area contributed by atoms with E-state index in [4.69, 9.17) is 0 Å². The molecular weight excluding hydrogens is 2240 g/mol. The van der Waals surface area contributed by atoms with Crippen molar-refractivity contribution in [2.24, 2.45) is 0 Å². The molecule has 0 bridgehead atoms. The van der Waals surface area contributed by atoms with Crippen molar-refractivity contribution < 1.29 is 80.4 Å². The molecule has 8 aromatic heterocycles. The molecule has 20 heteroatoms. The van der Waals surface area contributed by atoms with Crippen LogP contribution in [0.4, 0.5) is 0 Å². The number of aryl methyl sites for hydroxylation is 8. The molecule has 0 saturated carbocycles. The Morgan fingerprint density at radius 1 is 0.194 bits per heavy atom. The van der Waals surface area contributed by atoms with Crippen LogP contribution in [0.2, 0.25) is 0 Å². The van der Waals surface area contributed by atoms with Crippen molar-refractivity contribution in [2.45, 2.75) is 55.4 Å². The van der Waals surface area contributed by atoms with Gasteiger partial charge in [-0.25, -0.2) is 0 Å². The number of hydrogen-bond acceptors (Lipinski definition) is 8. The van der Waals surface area contributed by atoms with E-state index in [-0.39, 0.29) is 80.4 Å². The zero-order chi connectivity index (χ0) is 83.0. The first-order chi connectivity index (χ1) is 58.8. The molecule has 8 heterocycles. The summed E-state index contributed by atoms with van der Waals surface area (Å²) in [6.45, 7) is 16.2. The number of para-hydroxylation sites is 4. The van der Waals surface area contributed by atoms with Crippen molar-refractivity contribution >= 4 is 0 Å². The van der Waals surface area contributed by atoms with Crippen LogP contribution in [0.15, 0.2) is 389 Å². The van der Waals surface area contributed by atoms with Crippen LogP contribution in [0.25, 0.3) is 90.0 Å². The number of aromatic nitrogens is 16. The molecule has 124 heavy (non-hydrogen) atoms. The van der Waals surface area contributed by atoms with Gasteiger partial charge < -0.3 is 0 Å². The standard InChI is InChI=1S/2C17H15N2.2C15H11N2.2C11H11N2.2C9H7N2.4Ir/c2*1-13-12-14(2)19(18-13)17-10-8-16(9-11-17)15-6-4-3-5-7-15;2*1-2-5-13(6-3-1)14-7-9-15(10-8-14)17-12-4-11-16-17;2*1-9-8-10(2)13(12-9)11-6-4-3-5-7-11;2*1-2-5-9(6-3-1)11-8-4-7-10-11;;;;/h2*3-10,12H,1-2H3;2*1-9,11-12H;2*3-6,8H,1-2H3;2*1-5,7-8H;;;;/q8*-1;;;;. The summed E-state index contributed by atoms with van der Waals surface area (Å²) in [5.74, 6) is 0. The molecule has 0 aliphatic heterocycles. The molecule has 0 unspecified atom stereocenters. The van der Waals surface area contributed by atoms with E-state index in [2.05, 4.69) is 212 Å². The number of benzene rings is 12. The van der Waals surface area contributed by atoms with E-state index in [9.17, 15) is 0 Å². The fraction of sp³-hybridized carbons (Fsp3) is 0.0769. The van der Waals surface area contributed by atoms with Gasteiger partial charge in [0.25, 0.3) is 0 Å². The molecule has 0 atom stereocenters. The van der Waals surface area contributed by atoms with Crippen molar-refractivity contribution in [3.8, 4) is 90.0 Å². The van der Waals surface area contributed by atoms with E-state index in [1.165, 1.54) is 44.5 Å². The average molecular weight is 2330 g/mol. The van der Waals surface area contributed by atoms with E-state index in [0.717, 1.165) is 91.1 Å². The van der Waals surface area contributed by atoms with Crippen molar-refractivity contribution in [1.82, 2.24) is 78.2 Å². The minimum Gasteiger partial charge on any atom is -0.266 e. The molecular formula is C104H88Ir4N16-8. The second-order valence-corrected chi connectivity index (χ2v) is 27.5. The molecule has 0 saturated heterocycles. The summed E-state index contributed by atoms with van der Waals surface area (Å²) in [5.41, 5.74) is 25.9. The maximum Gasteiger partial charge on any atom is 0.0600 e. The maximum absolute atomic E-state index is 4.47. The minimum absolute atomic E-state index is 0. The quantitative estimate of drug-likeness (QED) is 0.110. The Balaban J connectivity index is 0.000000161. The van der Waals surface area contributed by atoms with Crippen LogP contribution in [0, 0.1) is 104 Å². The Hall–Kier alpha value is -13.1. The number of nitrogens with zero attached hydrogens (tertiary/aromatic N) is 16. The van der Waals surface area contributed by atoms with Crippen LogP contribution in [0.5, 0.6) is 0 Å². The van der Waals surface area contributed by atoms with Crippen LogP contribution < -0.4 is 0 Å². The Bertz CT molecular complexity index is 5890. The van der Waals surface area contributed by atoms with Gasteiger partial charge in [0, 0.05) is 153 Å². The molecule has 20 aromatic rings. The molecule has 0 spiro atoms. The first-order valence-corrected chi connectivity index (χ1v) is 39.1. The second-order valence-electron chi connectivity index (χ2n) is 27.5. The van der Waals surface area contributed by atoms with Gasteiger partial charge in [0.15, 0.2) is 0 Å². The van der Waals surface area contributed by atoms with Crippen molar-refractivity contribution in [2.75, 3.05) is 0 Å². The van der Waals surface area contributed by atoms with Crippen molar-refractivity contribution in [3.05, 3.63) is 483 Å². The first-order valence-electron chi connectivity index (χ1n) is 39.1. The maximum atomic E-state index is 4.47. The van der Waals surface area contributed by atoms with E-state index in [0.29, 0.717) is 0 Å². The van der Waals surface area contributed by atoms with Gasteiger partial charge in [0.05, 0.1) is 22.8 Å². The summed E-state index contributed by atoms with van der Waals surface area (Å²) in [7, 11) is 0. The number of rotatable bonds is 12. The fourth-order valence-corrected chi connectivity index (χ4v) is 12.7. The van der Waals surface area contributed by atoms with Gasteiger partial charge in [-0.1, -0.05) is 144 Å². The first kappa shape index (κ1) is 94.8. The molecule has 16 nitrogen and oxygen atoms in total. The van der Waals surface area contributed by atoms with Gasteiger partial charge in [-0.15, -0.1) is 70.8 Å². The largest absolute Gasteiger partial charge is 0.266 e. The molecule has 4 radical (unpaired) electrons. The van der Waals surface area contributed by atoms with Crippen LogP contribution in [-0.2, 0) is 80.4 Å².